The van der Waals surface area contributed by atoms with Crippen molar-refractivity contribution in [3.8, 4) is 0 Å². The largest absolute Gasteiger partial charge is 0.293 e. The topological polar surface area (TPSA) is 40.6 Å². The first kappa shape index (κ1) is 23.0. The number of benzene rings is 1. The lowest BCUT2D eigenvalue weighted by molar-refractivity contribution is 0.0774. The SMILES string of the molecule is CC(C)c1cc(C(C)C)c(S(=O)(=O)N2CC(N3CCc4sccc4C3)C2)c(C(C)C)c1. The minimum Gasteiger partial charge on any atom is -0.293 e. The molecule has 4 rings (SSSR count). The number of rotatable bonds is 6. The number of fused-ring (bicyclic) bond motifs is 1. The van der Waals surface area contributed by atoms with E-state index in [1.165, 1.54) is 16.0 Å². The average Bonchev–Trinajstić information content (AvgIpc) is 3.13. The monoisotopic (exact) mass is 460 g/mol. The molecule has 0 aliphatic carbocycles. The molecule has 31 heavy (non-hydrogen) atoms. The van der Waals surface area contributed by atoms with Crippen molar-refractivity contribution in [2.75, 3.05) is 19.6 Å². The predicted octanol–water partition coefficient (Wildman–Crippen LogP) is 5.55. The summed E-state index contributed by atoms with van der Waals surface area (Å²) in [5.74, 6) is 0.704. The summed E-state index contributed by atoms with van der Waals surface area (Å²) in [6, 6.07) is 6.81. The highest BCUT2D eigenvalue weighted by Crippen LogP contribution is 2.38. The highest BCUT2D eigenvalue weighted by molar-refractivity contribution is 7.89. The van der Waals surface area contributed by atoms with Crippen molar-refractivity contribution in [2.24, 2.45) is 0 Å². The molecule has 0 atom stereocenters. The summed E-state index contributed by atoms with van der Waals surface area (Å²) in [6.07, 6.45) is 1.09. The number of sulfonamides is 1. The van der Waals surface area contributed by atoms with Crippen LogP contribution >= 0.6 is 11.3 Å². The van der Waals surface area contributed by atoms with E-state index in [0.29, 0.717) is 29.9 Å². The van der Waals surface area contributed by atoms with Gasteiger partial charge in [0.15, 0.2) is 0 Å². The van der Waals surface area contributed by atoms with Gasteiger partial charge in [-0.2, -0.15) is 4.31 Å². The third-order valence-corrected chi connectivity index (χ3v) is 9.85. The molecule has 0 radical (unpaired) electrons. The molecule has 1 aromatic carbocycles. The number of thiophene rings is 1. The summed E-state index contributed by atoms with van der Waals surface area (Å²) in [5.41, 5.74) is 4.59. The van der Waals surface area contributed by atoms with E-state index in [4.69, 9.17) is 0 Å². The van der Waals surface area contributed by atoms with Crippen molar-refractivity contribution >= 4 is 21.4 Å². The molecule has 6 heteroatoms. The van der Waals surface area contributed by atoms with E-state index >= 15 is 0 Å². The molecular weight excluding hydrogens is 424 g/mol. The Balaban J connectivity index is 1.61. The lowest BCUT2D eigenvalue weighted by Crippen LogP contribution is -2.61. The number of nitrogens with zero attached hydrogens (tertiary/aromatic N) is 2. The highest BCUT2D eigenvalue weighted by Gasteiger charge is 2.42. The Hall–Kier alpha value is -1.21. The van der Waals surface area contributed by atoms with Gasteiger partial charge in [-0.1, -0.05) is 53.7 Å². The zero-order valence-corrected chi connectivity index (χ0v) is 21.3. The van der Waals surface area contributed by atoms with Crippen molar-refractivity contribution in [3.63, 3.8) is 0 Å². The van der Waals surface area contributed by atoms with Crippen molar-refractivity contribution < 1.29 is 8.42 Å². The summed E-state index contributed by atoms with van der Waals surface area (Å²) in [4.78, 5) is 4.53. The highest BCUT2D eigenvalue weighted by atomic mass is 32.2. The van der Waals surface area contributed by atoms with Crippen LogP contribution in [0, 0.1) is 0 Å². The fourth-order valence-electron chi connectivity index (χ4n) is 4.74. The van der Waals surface area contributed by atoms with Crippen LogP contribution in [0.3, 0.4) is 0 Å². The average molecular weight is 461 g/mol. The fourth-order valence-corrected chi connectivity index (χ4v) is 7.81. The fraction of sp³-hybridized carbons (Fsp3) is 0.600. The molecule has 0 saturated carbocycles. The molecule has 4 nitrogen and oxygen atoms in total. The Morgan fingerprint density at radius 3 is 2.13 bits per heavy atom. The number of hydrogen-bond acceptors (Lipinski definition) is 4. The maximum absolute atomic E-state index is 13.8. The predicted molar refractivity (Wildman–Crippen MR) is 130 cm³/mol. The van der Waals surface area contributed by atoms with E-state index in [1.54, 1.807) is 4.31 Å². The molecule has 1 aromatic heterocycles. The van der Waals surface area contributed by atoms with Crippen LogP contribution in [0.4, 0.5) is 0 Å². The van der Waals surface area contributed by atoms with Crippen molar-refractivity contribution in [1.82, 2.24) is 9.21 Å². The first-order valence-corrected chi connectivity index (χ1v) is 13.9. The standard InChI is InChI=1S/C25H36N2O2S2/c1-16(2)20-11-22(17(3)4)25(23(12-20)18(5)6)31(28,29)27-14-21(15-27)26-9-7-24-19(13-26)8-10-30-24/h8,10-12,16-18,21H,7,9,13-15H2,1-6H3. The molecule has 0 unspecified atom stereocenters. The van der Waals surface area contributed by atoms with E-state index < -0.39 is 10.0 Å². The van der Waals surface area contributed by atoms with Crippen molar-refractivity contribution in [1.29, 1.82) is 0 Å². The molecule has 2 aliphatic heterocycles. The second-order valence-corrected chi connectivity index (χ2v) is 12.9. The molecule has 1 saturated heterocycles. The van der Waals surface area contributed by atoms with Crippen LogP contribution < -0.4 is 0 Å². The van der Waals surface area contributed by atoms with Gasteiger partial charge in [-0.25, -0.2) is 8.42 Å². The van der Waals surface area contributed by atoms with Crippen LogP contribution in [0.5, 0.6) is 0 Å². The Morgan fingerprint density at radius 2 is 1.58 bits per heavy atom. The van der Waals surface area contributed by atoms with Crippen LogP contribution in [0.2, 0.25) is 0 Å². The van der Waals surface area contributed by atoms with Crippen LogP contribution in [0.15, 0.2) is 28.5 Å². The molecule has 0 N–H and O–H groups in total. The zero-order valence-electron chi connectivity index (χ0n) is 19.7. The smallest absolute Gasteiger partial charge is 0.243 e. The third-order valence-electron chi connectivity index (χ3n) is 6.86. The van der Waals surface area contributed by atoms with Crippen molar-refractivity contribution in [2.45, 2.75) is 83.2 Å². The van der Waals surface area contributed by atoms with Crippen LogP contribution in [-0.2, 0) is 23.0 Å². The zero-order chi connectivity index (χ0) is 22.5. The van der Waals surface area contributed by atoms with Crippen LogP contribution in [-0.4, -0.2) is 43.3 Å². The van der Waals surface area contributed by atoms with Crippen LogP contribution in [0.1, 0.15) is 86.4 Å². The van der Waals surface area contributed by atoms with Gasteiger partial charge in [0.2, 0.25) is 10.0 Å². The van der Waals surface area contributed by atoms with E-state index in [9.17, 15) is 8.42 Å². The van der Waals surface area contributed by atoms with Gasteiger partial charge in [0.25, 0.3) is 0 Å². The maximum Gasteiger partial charge on any atom is 0.243 e. The van der Waals surface area contributed by atoms with E-state index in [0.717, 1.165) is 30.6 Å². The summed E-state index contributed by atoms with van der Waals surface area (Å²) in [5, 5.41) is 2.17. The minimum absolute atomic E-state index is 0.164. The summed E-state index contributed by atoms with van der Waals surface area (Å²) >= 11 is 1.85. The third kappa shape index (κ3) is 4.24. The van der Waals surface area contributed by atoms with Crippen molar-refractivity contribution in [3.05, 3.63) is 50.7 Å². The molecule has 2 aromatic rings. The lowest BCUT2D eigenvalue weighted by Gasteiger charge is -2.46. The van der Waals surface area contributed by atoms with Gasteiger partial charge < -0.3 is 0 Å². The Kier molecular flexibility index (Phi) is 6.39. The van der Waals surface area contributed by atoms with Gasteiger partial charge in [-0.05, 0) is 57.9 Å². The molecule has 1 fully saturated rings. The molecule has 2 aliphatic rings. The van der Waals surface area contributed by atoms with Gasteiger partial charge in [0.1, 0.15) is 0 Å². The van der Waals surface area contributed by atoms with Crippen LogP contribution in [0.25, 0.3) is 0 Å². The van der Waals surface area contributed by atoms with E-state index in [-0.39, 0.29) is 11.8 Å². The quantitative estimate of drug-likeness (QED) is 0.567. The number of hydrogen-bond donors (Lipinski definition) is 0. The lowest BCUT2D eigenvalue weighted by atomic mass is 9.89. The molecule has 0 amide bonds. The Labute approximate surface area is 192 Å². The molecule has 3 heterocycles. The second kappa shape index (κ2) is 8.62. The first-order chi connectivity index (χ1) is 14.6. The maximum atomic E-state index is 13.8. The van der Waals surface area contributed by atoms with E-state index in [2.05, 4.69) is 70.0 Å². The first-order valence-electron chi connectivity index (χ1n) is 11.6. The van der Waals surface area contributed by atoms with Gasteiger partial charge in [-0.15, -0.1) is 11.3 Å². The molecular formula is C25H36N2O2S2. The van der Waals surface area contributed by atoms with Gasteiger partial charge >= 0.3 is 0 Å². The van der Waals surface area contributed by atoms with Gasteiger partial charge in [0, 0.05) is 37.1 Å². The normalized spacial score (nSPS) is 18.7. The second-order valence-electron chi connectivity index (χ2n) is 10.1. The molecule has 170 valence electrons. The van der Waals surface area contributed by atoms with Gasteiger partial charge in [-0.3, -0.25) is 4.90 Å². The van der Waals surface area contributed by atoms with Gasteiger partial charge in [0.05, 0.1) is 4.90 Å². The van der Waals surface area contributed by atoms with E-state index in [1.807, 2.05) is 11.3 Å². The summed E-state index contributed by atoms with van der Waals surface area (Å²) in [6.45, 7) is 16.0. The Bertz CT molecular complexity index is 1020. The molecule has 0 spiro atoms. The minimum atomic E-state index is -3.51. The summed E-state index contributed by atoms with van der Waals surface area (Å²) in [7, 11) is -3.51. The Morgan fingerprint density at radius 1 is 0.968 bits per heavy atom. The summed E-state index contributed by atoms with van der Waals surface area (Å²) < 4.78 is 29.4. The molecule has 0 bridgehead atoms.